The van der Waals surface area contributed by atoms with Crippen LogP contribution in [-0.2, 0) is 4.74 Å². The minimum Gasteiger partial charge on any atom is -0.478 e. The lowest BCUT2D eigenvalue weighted by Gasteiger charge is -2.07. The van der Waals surface area contributed by atoms with Crippen LogP contribution >= 0.6 is 0 Å². The molecule has 17 heavy (non-hydrogen) atoms. The van der Waals surface area contributed by atoms with E-state index in [9.17, 15) is 0 Å². The number of unbranched alkanes of at least 4 members (excludes halogenated alkanes) is 6. The average molecular weight is 237 g/mol. The summed E-state index contributed by atoms with van der Waals surface area (Å²) in [5, 5.41) is 0. The highest BCUT2D eigenvalue weighted by atomic mass is 16.5. The normalized spacial score (nSPS) is 17.6. The molecule has 0 radical (unpaired) electrons. The van der Waals surface area contributed by atoms with Gasteiger partial charge in [0.25, 0.3) is 0 Å². The molecule has 0 aromatic carbocycles. The van der Waals surface area contributed by atoms with Gasteiger partial charge in [0.05, 0.1) is 5.54 Å². The zero-order chi connectivity index (χ0) is 12.6. The van der Waals surface area contributed by atoms with Crippen molar-refractivity contribution >= 4 is 5.90 Å². The molecule has 98 valence electrons. The summed E-state index contributed by atoms with van der Waals surface area (Å²) in [4.78, 5) is 4.56. The maximum atomic E-state index is 5.57. The Labute approximate surface area is 106 Å². The van der Waals surface area contributed by atoms with E-state index < -0.39 is 0 Å². The van der Waals surface area contributed by atoms with E-state index in [1.807, 2.05) is 6.08 Å². The molecule has 0 atom stereocenters. The van der Waals surface area contributed by atoms with Gasteiger partial charge >= 0.3 is 0 Å². The number of hydrogen-bond acceptors (Lipinski definition) is 2. The van der Waals surface area contributed by atoms with Crippen molar-refractivity contribution in [2.45, 2.75) is 70.8 Å². The summed E-state index contributed by atoms with van der Waals surface area (Å²) in [5.74, 6) is 0.974. The number of allylic oxidation sites excluding steroid dienone is 1. The van der Waals surface area contributed by atoms with E-state index in [0.29, 0.717) is 0 Å². The van der Waals surface area contributed by atoms with Crippen LogP contribution in [0.25, 0.3) is 0 Å². The van der Waals surface area contributed by atoms with Crippen molar-refractivity contribution in [3.05, 3.63) is 12.7 Å². The van der Waals surface area contributed by atoms with Crippen LogP contribution in [0.3, 0.4) is 0 Å². The van der Waals surface area contributed by atoms with Crippen LogP contribution in [0.2, 0.25) is 0 Å². The predicted molar refractivity (Wildman–Crippen MR) is 74.6 cm³/mol. The molecule has 1 rings (SSSR count). The molecular formula is C15H27NO. The van der Waals surface area contributed by atoms with Crippen molar-refractivity contribution in [1.29, 1.82) is 0 Å². The molecule has 2 nitrogen and oxygen atoms in total. The van der Waals surface area contributed by atoms with Crippen molar-refractivity contribution in [3.63, 3.8) is 0 Å². The van der Waals surface area contributed by atoms with Gasteiger partial charge in [-0.3, -0.25) is 0 Å². The number of rotatable bonds is 9. The molecule has 1 aliphatic heterocycles. The lowest BCUT2D eigenvalue weighted by Crippen LogP contribution is -2.17. The Bertz CT molecular complexity index is 256. The van der Waals surface area contributed by atoms with Crippen LogP contribution in [0.4, 0.5) is 0 Å². The molecule has 0 saturated heterocycles. The summed E-state index contributed by atoms with van der Waals surface area (Å²) < 4.78 is 5.57. The van der Waals surface area contributed by atoms with Gasteiger partial charge in [-0.15, -0.1) is 6.58 Å². The van der Waals surface area contributed by atoms with E-state index in [-0.39, 0.29) is 5.54 Å². The first-order valence-electron chi connectivity index (χ1n) is 6.96. The third kappa shape index (κ3) is 6.50. The zero-order valence-corrected chi connectivity index (χ0v) is 11.5. The van der Waals surface area contributed by atoms with E-state index in [1.54, 1.807) is 0 Å². The topological polar surface area (TPSA) is 21.6 Å². The third-order valence-corrected chi connectivity index (χ3v) is 3.07. The first-order chi connectivity index (χ1) is 8.14. The number of hydrogen-bond donors (Lipinski definition) is 0. The van der Waals surface area contributed by atoms with Gasteiger partial charge in [0, 0.05) is 6.42 Å². The smallest absolute Gasteiger partial charge is 0.183 e. The molecule has 0 aromatic rings. The van der Waals surface area contributed by atoms with Crippen molar-refractivity contribution < 1.29 is 4.74 Å². The fourth-order valence-electron chi connectivity index (χ4n) is 2.06. The van der Waals surface area contributed by atoms with E-state index >= 15 is 0 Å². The number of nitrogens with zero attached hydrogens (tertiary/aromatic N) is 1. The third-order valence-electron chi connectivity index (χ3n) is 3.07. The van der Waals surface area contributed by atoms with Crippen LogP contribution in [0.15, 0.2) is 17.6 Å². The highest BCUT2D eigenvalue weighted by Crippen LogP contribution is 2.19. The molecule has 0 aromatic heterocycles. The summed E-state index contributed by atoms with van der Waals surface area (Å²) in [6.07, 6.45) is 12.1. The summed E-state index contributed by atoms with van der Waals surface area (Å²) >= 11 is 0. The highest BCUT2D eigenvalue weighted by molar-refractivity contribution is 5.78. The molecule has 1 aliphatic rings. The number of aliphatic imine (C=N–C) groups is 1. The average Bonchev–Trinajstić information content (AvgIpc) is 2.62. The summed E-state index contributed by atoms with van der Waals surface area (Å²) in [7, 11) is 0. The maximum absolute atomic E-state index is 5.57. The van der Waals surface area contributed by atoms with Crippen molar-refractivity contribution in [1.82, 2.24) is 0 Å². The second-order valence-corrected chi connectivity index (χ2v) is 5.56. The molecule has 0 unspecified atom stereocenters. The van der Waals surface area contributed by atoms with Gasteiger partial charge in [-0.25, -0.2) is 4.99 Å². The van der Waals surface area contributed by atoms with Crippen LogP contribution in [0.1, 0.15) is 65.2 Å². The Hall–Kier alpha value is -0.790. The van der Waals surface area contributed by atoms with E-state index in [1.165, 1.54) is 44.9 Å². The quantitative estimate of drug-likeness (QED) is 0.427. The minimum atomic E-state index is 0.0139. The van der Waals surface area contributed by atoms with Gasteiger partial charge in [-0.2, -0.15) is 0 Å². The van der Waals surface area contributed by atoms with Gasteiger partial charge in [0.15, 0.2) is 5.90 Å². The molecular weight excluding hydrogens is 210 g/mol. The molecule has 0 saturated carbocycles. The lowest BCUT2D eigenvalue weighted by molar-refractivity contribution is 0.273. The minimum absolute atomic E-state index is 0.0139. The van der Waals surface area contributed by atoms with E-state index in [2.05, 4.69) is 25.4 Å². The van der Waals surface area contributed by atoms with Crippen LogP contribution < -0.4 is 0 Å². The summed E-state index contributed by atoms with van der Waals surface area (Å²) in [6, 6.07) is 0. The van der Waals surface area contributed by atoms with Gasteiger partial charge < -0.3 is 4.74 Å². The Kier molecular flexibility index (Phi) is 6.31. The summed E-state index contributed by atoms with van der Waals surface area (Å²) in [6.45, 7) is 8.74. The Morgan fingerprint density at radius 1 is 1.18 bits per heavy atom. The van der Waals surface area contributed by atoms with Gasteiger partial charge in [-0.1, -0.05) is 31.8 Å². The van der Waals surface area contributed by atoms with Crippen molar-refractivity contribution in [2.75, 3.05) is 6.61 Å². The van der Waals surface area contributed by atoms with Crippen LogP contribution in [0.5, 0.6) is 0 Å². The molecule has 0 spiro atoms. The highest BCUT2D eigenvalue weighted by Gasteiger charge is 2.25. The largest absolute Gasteiger partial charge is 0.478 e. The van der Waals surface area contributed by atoms with Gasteiger partial charge in [0.2, 0.25) is 0 Å². The predicted octanol–water partition coefficient (Wildman–Crippen LogP) is 4.50. The van der Waals surface area contributed by atoms with E-state index in [4.69, 9.17) is 4.74 Å². The SMILES string of the molecule is C=CCCCCCCCCC1=NC(C)(C)CO1. The standard InChI is InChI=1S/C15H27NO/c1-4-5-6-7-8-9-10-11-12-14-16-15(2,3)13-17-14/h4H,1,5-13H2,2-3H3. The van der Waals surface area contributed by atoms with Crippen LogP contribution in [-0.4, -0.2) is 18.0 Å². The van der Waals surface area contributed by atoms with Gasteiger partial charge in [0.1, 0.15) is 6.61 Å². The Morgan fingerprint density at radius 3 is 2.41 bits per heavy atom. The summed E-state index contributed by atoms with van der Waals surface area (Å²) in [5.41, 5.74) is 0.0139. The van der Waals surface area contributed by atoms with Crippen molar-refractivity contribution in [3.8, 4) is 0 Å². The van der Waals surface area contributed by atoms with E-state index in [0.717, 1.165) is 18.9 Å². The van der Waals surface area contributed by atoms with Crippen LogP contribution in [0, 0.1) is 0 Å². The van der Waals surface area contributed by atoms with Crippen molar-refractivity contribution in [2.24, 2.45) is 4.99 Å². The number of ether oxygens (including phenoxy) is 1. The molecule has 0 N–H and O–H groups in total. The second-order valence-electron chi connectivity index (χ2n) is 5.56. The monoisotopic (exact) mass is 237 g/mol. The molecule has 0 fully saturated rings. The molecule has 0 aliphatic carbocycles. The molecule has 0 bridgehead atoms. The second kappa shape index (κ2) is 7.52. The molecule has 1 heterocycles. The Morgan fingerprint density at radius 2 is 1.82 bits per heavy atom. The fraction of sp³-hybridized carbons (Fsp3) is 0.800. The maximum Gasteiger partial charge on any atom is 0.183 e. The molecule has 2 heteroatoms. The first-order valence-corrected chi connectivity index (χ1v) is 6.96. The lowest BCUT2D eigenvalue weighted by atomic mass is 10.1. The van der Waals surface area contributed by atoms with Gasteiger partial charge in [-0.05, 0) is 33.1 Å². The Balaban J connectivity index is 1.93. The zero-order valence-electron chi connectivity index (χ0n) is 11.5. The molecule has 0 amide bonds. The fourth-order valence-corrected chi connectivity index (χ4v) is 2.06. The first kappa shape index (κ1) is 14.3.